The molecule has 1 aromatic carbocycles. The molecule has 9 heteroatoms. The number of amides is 2. The van der Waals surface area contributed by atoms with E-state index in [2.05, 4.69) is 20.6 Å². The van der Waals surface area contributed by atoms with E-state index in [1.165, 1.54) is 6.26 Å². The molecule has 1 aliphatic heterocycles. The number of pyridine rings is 2. The first kappa shape index (κ1) is 22.7. The van der Waals surface area contributed by atoms with Gasteiger partial charge in [-0.25, -0.2) is 9.97 Å². The number of piperidine rings is 1. The van der Waals surface area contributed by atoms with Gasteiger partial charge in [0.05, 0.1) is 11.4 Å². The van der Waals surface area contributed by atoms with Crippen LogP contribution in [0.3, 0.4) is 0 Å². The van der Waals surface area contributed by atoms with Gasteiger partial charge in [0, 0.05) is 54.3 Å². The summed E-state index contributed by atoms with van der Waals surface area (Å²) in [7, 11) is 0. The van der Waals surface area contributed by atoms with E-state index < -0.39 is 0 Å². The summed E-state index contributed by atoms with van der Waals surface area (Å²) >= 11 is 0. The van der Waals surface area contributed by atoms with E-state index in [1.807, 2.05) is 66.2 Å². The van der Waals surface area contributed by atoms with Crippen molar-refractivity contribution in [1.82, 2.24) is 24.7 Å². The normalized spacial score (nSPS) is 15.5. The van der Waals surface area contributed by atoms with Crippen LogP contribution in [0.2, 0.25) is 0 Å². The van der Waals surface area contributed by atoms with Crippen molar-refractivity contribution in [2.75, 3.05) is 11.9 Å². The van der Waals surface area contributed by atoms with Gasteiger partial charge in [0.1, 0.15) is 11.9 Å². The van der Waals surface area contributed by atoms with Crippen molar-refractivity contribution < 1.29 is 14.0 Å². The average Bonchev–Trinajstić information content (AvgIpc) is 3.56. The van der Waals surface area contributed by atoms with Crippen LogP contribution in [0.25, 0.3) is 28.2 Å². The molecule has 37 heavy (non-hydrogen) atoms. The zero-order valence-corrected chi connectivity index (χ0v) is 20.1. The van der Waals surface area contributed by atoms with Gasteiger partial charge in [0.15, 0.2) is 5.69 Å². The predicted octanol–water partition coefficient (Wildman–Crippen LogP) is 4.61. The molecular formula is C28H24N6O3. The standard InChI is InChI=1S/C28H24N6O3/c1-17-11-20(8-9-29-17)28-33-24(16-37-28)27(36)32-23-15-34-14-22(19-7-10-30-26(35)12-19)31-25(34)13-21(23)18-5-3-2-4-6-18/h2-6,8-9,11,13-16,19H,7,10,12H2,1H3,(H,30,35)(H,32,36). The first-order valence-electron chi connectivity index (χ1n) is 12.1. The molecule has 9 nitrogen and oxygen atoms in total. The van der Waals surface area contributed by atoms with E-state index in [0.29, 0.717) is 24.5 Å². The molecule has 4 aromatic heterocycles. The maximum atomic E-state index is 13.2. The second-order valence-corrected chi connectivity index (χ2v) is 9.12. The summed E-state index contributed by atoms with van der Waals surface area (Å²) in [6, 6.07) is 15.4. The van der Waals surface area contributed by atoms with Crippen LogP contribution in [0.1, 0.15) is 40.6 Å². The lowest BCUT2D eigenvalue weighted by atomic mass is 9.95. The molecule has 1 aliphatic rings. The topological polar surface area (TPSA) is 114 Å². The number of hydrogen-bond acceptors (Lipinski definition) is 6. The van der Waals surface area contributed by atoms with Gasteiger partial charge in [-0.15, -0.1) is 0 Å². The van der Waals surface area contributed by atoms with Gasteiger partial charge in [-0.3, -0.25) is 14.6 Å². The number of rotatable bonds is 5. The molecule has 1 atom stereocenters. The minimum absolute atomic E-state index is 0.0418. The molecule has 0 bridgehead atoms. The van der Waals surface area contributed by atoms with Crippen LogP contribution in [0.4, 0.5) is 5.69 Å². The van der Waals surface area contributed by atoms with Gasteiger partial charge in [0.2, 0.25) is 11.8 Å². The summed E-state index contributed by atoms with van der Waals surface area (Å²) in [5.41, 5.74) is 5.74. The summed E-state index contributed by atoms with van der Waals surface area (Å²) in [6.45, 7) is 2.53. The number of carbonyl (C=O) groups is 2. The van der Waals surface area contributed by atoms with Gasteiger partial charge in [0.25, 0.3) is 5.91 Å². The highest BCUT2D eigenvalue weighted by molar-refractivity contribution is 6.05. The second kappa shape index (κ2) is 9.34. The van der Waals surface area contributed by atoms with Crippen LogP contribution in [0.5, 0.6) is 0 Å². The number of aryl methyl sites for hydroxylation is 1. The Bertz CT molecular complexity index is 1620. The number of hydrogen-bond donors (Lipinski definition) is 2. The van der Waals surface area contributed by atoms with Crippen molar-refractivity contribution in [1.29, 1.82) is 0 Å². The van der Waals surface area contributed by atoms with Gasteiger partial charge >= 0.3 is 0 Å². The van der Waals surface area contributed by atoms with E-state index in [0.717, 1.165) is 40.1 Å². The van der Waals surface area contributed by atoms with E-state index in [4.69, 9.17) is 9.40 Å². The predicted molar refractivity (Wildman–Crippen MR) is 138 cm³/mol. The van der Waals surface area contributed by atoms with Crippen molar-refractivity contribution in [2.45, 2.75) is 25.7 Å². The Morgan fingerprint density at radius 3 is 2.78 bits per heavy atom. The fourth-order valence-electron chi connectivity index (χ4n) is 4.62. The van der Waals surface area contributed by atoms with Gasteiger partial charge < -0.3 is 19.5 Å². The minimum atomic E-state index is -0.387. The molecule has 5 heterocycles. The highest BCUT2D eigenvalue weighted by atomic mass is 16.3. The minimum Gasteiger partial charge on any atom is -0.444 e. The van der Waals surface area contributed by atoms with Crippen molar-refractivity contribution in [3.8, 4) is 22.6 Å². The Balaban J connectivity index is 1.35. The molecular weight excluding hydrogens is 468 g/mol. The first-order valence-corrected chi connectivity index (χ1v) is 12.1. The number of nitrogens with one attached hydrogen (secondary N) is 2. The molecule has 0 radical (unpaired) electrons. The third kappa shape index (κ3) is 4.58. The third-order valence-corrected chi connectivity index (χ3v) is 6.49. The van der Waals surface area contributed by atoms with E-state index in [-0.39, 0.29) is 23.4 Å². The SMILES string of the molecule is Cc1cc(-c2nc(C(=O)Nc3cn4cc(C5CCNC(=O)C5)nc4cc3-c3ccccc3)co2)ccn1. The Morgan fingerprint density at radius 2 is 1.97 bits per heavy atom. The molecule has 6 rings (SSSR count). The third-order valence-electron chi connectivity index (χ3n) is 6.49. The maximum absolute atomic E-state index is 13.2. The maximum Gasteiger partial charge on any atom is 0.277 e. The Hall–Kier alpha value is -4.79. The molecule has 2 amide bonds. The fraction of sp³-hybridized carbons (Fsp3) is 0.179. The molecule has 1 unspecified atom stereocenters. The summed E-state index contributed by atoms with van der Waals surface area (Å²) < 4.78 is 7.47. The summed E-state index contributed by atoms with van der Waals surface area (Å²) in [4.78, 5) is 38.5. The van der Waals surface area contributed by atoms with Gasteiger partial charge in [-0.05, 0) is 37.1 Å². The summed E-state index contributed by atoms with van der Waals surface area (Å²) in [5.74, 6) is 0.0733. The molecule has 0 saturated carbocycles. The van der Waals surface area contributed by atoms with E-state index in [9.17, 15) is 9.59 Å². The molecule has 2 N–H and O–H groups in total. The first-order chi connectivity index (χ1) is 18.0. The number of anilines is 1. The lowest BCUT2D eigenvalue weighted by molar-refractivity contribution is -0.122. The zero-order chi connectivity index (χ0) is 25.4. The van der Waals surface area contributed by atoms with Crippen molar-refractivity contribution in [2.24, 2.45) is 0 Å². The smallest absolute Gasteiger partial charge is 0.277 e. The summed E-state index contributed by atoms with van der Waals surface area (Å²) in [5, 5.41) is 5.87. The lowest BCUT2D eigenvalue weighted by Crippen LogP contribution is -2.32. The van der Waals surface area contributed by atoms with Crippen LogP contribution < -0.4 is 10.6 Å². The average molecular weight is 493 g/mol. The van der Waals surface area contributed by atoms with Crippen LogP contribution in [-0.2, 0) is 4.79 Å². The van der Waals surface area contributed by atoms with Gasteiger partial charge in [-0.1, -0.05) is 30.3 Å². The van der Waals surface area contributed by atoms with Crippen LogP contribution >= 0.6 is 0 Å². The Kier molecular flexibility index (Phi) is 5.72. The van der Waals surface area contributed by atoms with E-state index >= 15 is 0 Å². The summed E-state index contributed by atoms with van der Waals surface area (Å²) in [6.07, 6.45) is 8.08. The Morgan fingerprint density at radius 1 is 1.11 bits per heavy atom. The van der Waals surface area contributed by atoms with Crippen molar-refractivity contribution >= 4 is 23.1 Å². The number of fused-ring (bicyclic) bond motifs is 1. The number of carbonyl (C=O) groups excluding carboxylic acids is 2. The number of aromatic nitrogens is 4. The highest BCUT2D eigenvalue weighted by Gasteiger charge is 2.24. The molecule has 1 fully saturated rings. The van der Waals surface area contributed by atoms with Crippen LogP contribution in [0.15, 0.2) is 77.8 Å². The number of imidazole rings is 1. The van der Waals surface area contributed by atoms with Gasteiger partial charge in [-0.2, -0.15) is 0 Å². The van der Waals surface area contributed by atoms with Crippen molar-refractivity contribution in [3.63, 3.8) is 0 Å². The zero-order valence-electron chi connectivity index (χ0n) is 20.1. The van der Waals surface area contributed by atoms with Crippen LogP contribution in [0, 0.1) is 6.92 Å². The molecule has 1 saturated heterocycles. The monoisotopic (exact) mass is 492 g/mol. The molecule has 0 aliphatic carbocycles. The molecule has 5 aromatic rings. The van der Waals surface area contributed by atoms with E-state index in [1.54, 1.807) is 12.3 Å². The number of nitrogens with zero attached hydrogens (tertiary/aromatic N) is 4. The highest BCUT2D eigenvalue weighted by Crippen LogP contribution is 2.32. The second-order valence-electron chi connectivity index (χ2n) is 9.12. The number of oxazole rings is 1. The largest absolute Gasteiger partial charge is 0.444 e. The fourth-order valence-corrected chi connectivity index (χ4v) is 4.62. The molecule has 184 valence electrons. The van der Waals surface area contributed by atoms with Crippen molar-refractivity contribution in [3.05, 3.63) is 90.5 Å². The lowest BCUT2D eigenvalue weighted by Gasteiger charge is -2.19. The van der Waals surface area contributed by atoms with Crippen LogP contribution in [-0.4, -0.2) is 37.7 Å². The molecule has 0 spiro atoms. The quantitative estimate of drug-likeness (QED) is 0.370. The Labute approximate surface area is 212 Å². The number of benzene rings is 1.